The van der Waals surface area contributed by atoms with Crippen LogP contribution in [0.1, 0.15) is 18.5 Å². The molecule has 0 aliphatic heterocycles. The molecule has 1 aromatic heterocycles. The maximum absolute atomic E-state index is 5.53. The Morgan fingerprint density at radius 2 is 2.43 bits per heavy atom. The van der Waals surface area contributed by atoms with Crippen LogP contribution in [0.5, 0.6) is 0 Å². The minimum Gasteiger partial charge on any atom is -0.360 e. The van der Waals surface area contributed by atoms with Crippen molar-refractivity contribution in [3.63, 3.8) is 0 Å². The van der Waals surface area contributed by atoms with Gasteiger partial charge < -0.3 is 15.0 Å². The lowest BCUT2D eigenvalue weighted by molar-refractivity contribution is 0.0689. The third-order valence-electron chi connectivity index (χ3n) is 2.38. The van der Waals surface area contributed by atoms with Gasteiger partial charge in [0.15, 0.2) is 0 Å². The summed E-state index contributed by atoms with van der Waals surface area (Å²) in [5, 5.41) is 0. The lowest BCUT2D eigenvalue weighted by atomic mass is 10.3. The highest BCUT2D eigenvalue weighted by Crippen LogP contribution is 2.28. The molecule has 0 atom stereocenters. The average Bonchev–Trinajstić information content (AvgIpc) is 2.88. The standard InChI is InChI=1S/C10H17N3O/c11-4-3-10-5-13(7-12-10)8-14-6-9-1-2-9/h5,7,9H,1-4,6,8,11H2. The molecule has 1 aliphatic carbocycles. The molecule has 4 heteroatoms. The molecule has 1 aliphatic rings. The van der Waals surface area contributed by atoms with Gasteiger partial charge in [-0.05, 0) is 25.3 Å². The predicted octanol–water partition coefficient (Wildman–Crippen LogP) is 0.768. The molecule has 1 heterocycles. The zero-order valence-electron chi connectivity index (χ0n) is 8.35. The van der Waals surface area contributed by atoms with E-state index in [0.717, 1.165) is 24.6 Å². The monoisotopic (exact) mass is 195 g/mol. The Hall–Kier alpha value is -0.870. The summed E-state index contributed by atoms with van der Waals surface area (Å²) in [5.74, 6) is 0.821. The molecule has 1 fully saturated rings. The van der Waals surface area contributed by atoms with Gasteiger partial charge in [-0.25, -0.2) is 4.98 Å². The molecule has 0 aromatic carbocycles. The van der Waals surface area contributed by atoms with E-state index in [0.29, 0.717) is 13.3 Å². The topological polar surface area (TPSA) is 53.1 Å². The van der Waals surface area contributed by atoms with Crippen molar-refractivity contribution in [2.45, 2.75) is 26.0 Å². The molecule has 1 aromatic rings. The van der Waals surface area contributed by atoms with E-state index in [9.17, 15) is 0 Å². The third kappa shape index (κ3) is 2.82. The summed E-state index contributed by atoms with van der Waals surface area (Å²) < 4.78 is 7.49. The number of rotatable bonds is 6. The van der Waals surface area contributed by atoms with E-state index in [4.69, 9.17) is 10.5 Å². The Labute approximate surface area is 84.1 Å². The van der Waals surface area contributed by atoms with Crippen LogP contribution in [0.25, 0.3) is 0 Å². The van der Waals surface area contributed by atoms with Gasteiger partial charge in [0.1, 0.15) is 6.73 Å². The van der Waals surface area contributed by atoms with Crippen molar-refractivity contribution >= 4 is 0 Å². The summed E-state index contributed by atoms with van der Waals surface area (Å²) in [7, 11) is 0. The Morgan fingerprint density at radius 3 is 3.14 bits per heavy atom. The van der Waals surface area contributed by atoms with Crippen LogP contribution < -0.4 is 5.73 Å². The van der Waals surface area contributed by atoms with Crippen molar-refractivity contribution in [1.82, 2.24) is 9.55 Å². The van der Waals surface area contributed by atoms with Crippen LogP contribution in [0, 0.1) is 5.92 Å². The highest BCUT2D eigenvalue weighted by atomic mass is 16.5. The van der Waals surface area contributed by atoms with E-state index < -0.39 is 0 Å². The molecule has 0 amide bonds. The van der Waals surface area contributed by atoms with Crippen molar-refractivity contribution in [3.05, 3.63) is 18.2 Å². The normalized spacial score (nSPS) is 16.1. The number of ether oxygens (including phenoxy) is 1. The summed E-state index contributed by atoms with van der Waals surface area (Å²) >= 11 is 0. The highest BCUT2D eigenvalue weighted by Gasteiger charge is 2.20. The maximum atomic E-state index is 5.53. The van der Waals surface area contributed by atoms with Crippen molar-refractivity contribution in [1.29, 1.82) is 0 Å². The largest absolute Gasteiger partial charge is 0.360 e. The summed E-state index contributed by atoms with van der Waals surface area (Å²) in [6.07, 6.45) is 7.32. The van der Waals surface area contributed by atoms with Gasteiger partial charge in [0.25, 0.3) is 0 Å². The summed E-state index contributed by atoms with van der Waals surface area (Å²) in [6.45, 7) is 2.17. The van der Waals surface area contributed by atoms with Crippen LogP contribution >= 0.6 is 0 Å². The fraction of sp³-hybridized carbons (Fsp3) is 0.700. The van der Waals surface area contributed by atoms with Crippen LogP contribution in [-0.2, 0) is 17.9 Å². The first-order valence-electron chi connectivity index (χ1n) is 5.17. The summed E-state index contributed by atoms with van der Waals surface area (Å²) in [4.78, 5) is 4.22. The van der Waals surface area contributed by atoms with Crippen LogP contribution in [0.2, 0.25) is 0 Å². The van der Waals surface area contributed by atoms with Gasteiger partial charge >= 0.3 is 0 Å². The number of nitrogens with two attached hydrogens (primary N) is 1. The Bertz CT molecular complexity index is 281. The fourth-order valence-corrected chi connectivity index (χ4v) is 1.36. The van der Waals surface area contributed by atoms with Crippen molar-refractivity contribution < 1.29 is 4.74 Å². The van der Waals surface area contributed by atoms with Crippen LogP contribution in [0.15, 0.2) is 12.5 Å². The van der Waals surface area contributed by atoms with Crippen LogP contribution in [0.4, 0.5) is 0 Å². The van der Waals surface area contributed by atoms with Gasteiger partial charge in [-0.3, -0.25) is 0 Å². The molecule has 78 valence electrons. The summed E-state index contributed by atoms with van der Waals surface area (Å²) in [5.41, 5.74) is 6.48. The molecule has 0 spiro atoms. The van der Waals surface area contributed by atoms with Gasteiger partial charge in [0.2, 0.25) is 0 Å². The van der Waals surface area contributed by atoms with Crippen molar-refractivity contribution in [2.24, 2.45) is 11.7 Å². The smallest absolute Gasteiger partial charge is 0.123 e. The maximum Gasteiger partial charge on any atom is 0.123 e. The molecule has 1 saturated carbocycles. The zero-order valence-corrected chi connectivity index (χ0v) is 8.35. The third-order valence-corrected chi connectivity index (χ3v) is 2.38. The minimum atomic E-state index is 0.619. The first kappa shape index (κ1) is 9.68. The lowest BCUT2D eigenvalue weighted by Gasteiger charge is -2.02. The number of hydrogen-bond acceptors (Lipinski definition) is 3. The molecule has 0 saturated heterocycles. The van der Waals surface area contributed by atoms with E-state index in [-0.39, 0.29) is 0 Å². The molecule has 14 heavy (non-hydrogen) atoms. The quantitative estimate of drug-likeness (QED) is 0.729. The molecule has 4 nitrogen and oxygen atoms in total. The van der Waals surface area contributed by atoms with Gasteiger partial charge in [-0.1, -0.05) is 0 Å². The van der Waals surface area contributed by atoms with E-state index in [2.05, 4.69) is 4.98 Å². The second-order valence-corrected chi connectivity index (χ2v) is 3.86. The predicted molar refractivity (Wildman–Crippen MR) is 53.7 cm³/mol. The van der Waals surface area contributed by atoms with Gasteiger partial charge in [0.05, 0.1) is 18.6 Å². The Balaban J connectivity index is 1.71. The molecular weight excluding hydrogens is 178 g/mol. The van der Waals surface area contributed by atoms with E-state index in [1.807, 2.05) is 10.8 Å². The Kier molecular flexibility index (Phi) is 3.16. The fourth-order valence-electron chi connectivity index (χ4n) is 1.36. The number of hydrogen-bond donors (Lipinski definition) is 1. The lowest BCUT2D eigenvalue weighted by Crippen LogP contribution is -2.04. The zero-order chi connectivity index (χ0) is 9.80. The molecule has 0 unspecified atom stereocenters. The number of nitrogens with zero attached hydrogens (tertiary/aromatic N) is 2. The van der Waals surface area contributed by atoms with E-state index in [1.54, 1.807) is 6.33 Å². The Morgan fingerprint density at radius 1 is 1.57 bits per heavy atom. The SMILES string of the molecule is NCCc1cn(COCC2CC2)cn1. The molecule has 0 bridgehead atoms. The first-order valence-corrected chi connectivity index (χ1v) is 5.17. The first-order chi connectivity index (χ1) is 6.88. The van der Waals surface area contributed by atoms with Crippen molar-refractivity contribution in [3.8, 4) is 0 Å². The van der Waals surface area contributed by atoms with E-state index in [1.165, 1.54) is 12.8 Å². The molecular formula is C10H17N3O. The molecule has 2 N–H and O–H groups in total. The van der Waals surface area contributed by atoms with Gasteiger partial charge in [-0.2, -0.15) is 0 Å². The van der Waals surface area contributed by atoms with Crippen molar-refractivity contribution in [2.75, 3.05) is 13.2 Å². The average molecular weight is 195 g/mol. The highest BCUT2D eigenvalue weighted by molar-refractivity contribution is 4.96. The number of imidazole rings is 1. The van der Waals surface area contributed by atoms with E-state index >= 15 is 0 Å². The van der Waals surface area contributed by atoms with Gasteiger partial charge in [-0.15, -0.1) is 0 Å². The van der Waals surface area contributed by atoms with Crippen LogP contribution in [-0.4, -0.2) is 22.7 Å². The summed E-state index contributed by atoms with van der Waals surface area (Å²) in [6, 6.07) is 0. The second-order valence-electron chi connectivity index (χ2n) is 3.86. The minimum absolute atomic E-state index is 0.619. The molecule has 2 rings (SSSR count). The number of aromatic nitrogens is 2. The van der Waals surface area contributed by atoms with Crippen LogP contribution in [0.3, 0.4) is 0 Å². The molecule has 0 radical (unpaired) electrons. The second kappa shape index (κ2) is 4.57. The van der Waals surface area contributed by atoms with Gasteiger partial charge in [0, 0.05) is 12.6 Å².